The quantitative estimate of drug-likeness (QED) is 0.458. The Bertz CT molecular complexity index is 1480. The standard InChI is InChI=1S/C26H22ClN5OS/c1-14-8-5-6-9-19(14)25-30-32-23(28)20(24(33)29-26(32)34-25)13-18-12-15(2)31(17(18)4)22-11-7-10-21(27)16(22)3/h5-13,28H,1-4H3. The number of nitrogens with one attached hydrogen (secondary N) is 1. The first-order valence-electron chi connectivity index (χ1n) is 10.8. The Balaban J connectivity index is 1.54. The van der Waals surface area contributed by atoms with Crippen LogP contribution in [0.15, 0.2) is 64.2 Å². The van der Waals surface area contributed by atoms with Crippen LogP contribution < -0.4 is 0 Å². The summed E-state index contributed by atoms with van der Waals surface area (Å²) in [6.45, 7) is 8.00. The number of halogens is 1. The highest BCUT2D eigenvalue weighted by Gasteiger charge is 2.36. The van der Waals surface area contributed by atoms with Crippen LogP contribution in [0.25, 0.3) is 11.8 Å². The molecule has 170 valence electrons. The van der Waals surface area contributed by atoms with Crippen molar-refractivity contribution < 1.29 is 4.79 Å². The lowest BCUT2D eigenvalue weighted by molar-refractivity contribution is -0.114. The first-order chi connectivity index (χ1) is 16.3. The van der Waals surface area contributed by atoms with E-state index in [2.05, 4.69) is 14.7 Å². The van der Waals surface area contributed by atoms with E-state index in [9.17, 15) is 4.79 Å². The molecule has 0 fully saturated rings. The minimum Gasteiger partial charge on any atom is -0.318 e. The van der Waals surface area contributed by atoms with Crippen LogP contribution >= 0.6 is 23.4 Å². The Morgan fingerprint density at radius 3 is 2.59 bits per heavy atom. The van der Waals surface area contributed by atoms with Gasteiger partial charge in [0.2, 0.25) is 5.17 Å². The highest BCUT2D eigenvalue weighted by molar-refractivity contribution is 8.27. The number of aryl methyl sites for hydroxylation is 2. The summed E-state index contributed by atoms with van der Waals surface area (Å²) in [6.07, 6.45) is 1.73. The monoisotopic (exact) mass is 487 g/mol. The van der Waals surface area contributed by atoms with Crippen molar-refractivity contribution in [2.24, 2.45) is 10.1 Å². The Kier molecular flexibility index (Phi) is 5.54. The van der Waals surface area contributed by atoms with Crippen LogP contribution in [-0.2, 0) is 4.79 Å². The molecule has 0 atom stereocenters. The smallest absolute Gasteiger partial charge is 0.283 e. The van der Waals surface area contributed by atoms with E-state index in [-0.39, 0.29) is 11.4 Å². The second kappa shape index (κ2) is 8.42. The van der Waals surface area contributed by atoms with Crippen molar-refractivity contribution in [2.45, 2.75) is 27.7 Å². The number of carbonyl (C=O) groups excluding carboxylic acids is 1. The number of benzene rings is 2. The number of aliphatic imine (C=N–C) groups is 1. The maximum absolute atomic E-state index is 12.9. The van der Waals surface area contributed by atoms with E-state index < -0.39 is 5.91 Å². The molecule has 8 heteroatoms. The third-order valence-corrected chi connectivity index (χ3v) is 7.43. The molecule has 2 aromatic carbocycles. The molecule has 0 saturated heterocycles. The molecule has 1 aromatic heterocycles. The third-order valence-electron chi connectivity index (χ3n) is 6.08. The zero-order valence-corrected chi connectivity index (χ0v) is 20.8. The van der Waals surface area contributed by atoms with Crippen LogP contribution in [0.1, 0.15) is 33.6 Å². The SMILES string of the molecule is Cc1ccccc1C1=NN2C(=N)C(=Cc3cc(C)n(-c4cccc(Cl)c4C)c3C)C(=O)N=C2S1. The van der Waals surface area contributed by atoms with Gasteiger partial charge in [-0.05, 0) is 80.4 Å². The van der Waals surface area contributed by atoms with Crippen LogP contribution in [0, 0.1) is 33.1 Å². The predicted octanol–water partition coefficient (Wildman–Crippen LogP) is 6.03. The fourth-order valence-electron chi connectivity index (χ4n) is 4.21. The molecule has 0 spiro atoms. The topological polar surface area (TPSA) is 73.8 Å². The minimum atomic E-state index is -0.436. The molecule has 34 heavy (non-hydrogen) atoms. The fourth-order valence-corrected chi connectivity index (χ4v) is 5.36. The summed E-state index contributed by atoms with van der Waals surface area (Å²) < 4.78 is 2.11. The van der Waals surface area contributed by atoms with E-state index in [1.165, 1.54) is 16.8 Å². The summed E-state index contributed by atoms with van der Waals surface area (Å²) in [6, 6.07) is 15.7. The van der Waals surface area contributed by atoms with E-state index in [0.29, 0.717) is 10.2 Å². The number of hydrogen-bond acceptors (Lipinski definition) is 4. The number of amidine groups is 2. The molecular formula is C26H22ClN5OS. The maximum atomic E-state index is 12.9. The molecule has 0 unspecified atom stereocenters. The van der Waals surface area contributed by atoms with Crippen LogP contribution in [-0.4, -0.2) is 31.5 Å². The molecule has 5 rings (SSSR count). The van der Waals surface area contributed by atoms with E-state index in [1.54, 1.807) is 6.08 Å². The van der Waals surface area contributed by atoms with Crippen LogP contribution in [0.5, 0.6) is 0 Å². The molecule has 0 bridgehead atoms. The average molecular weight is 488 g/mol. The van der Waals surface area contributed by atoms with E-state index in [1.807, 2.05) is 76.2 Å². The minimum absolute atomic E-state index is 0.0230. The molecule has 0 aliphatic carbocycles. The predicted molar refractivity (Wildman–Crippen MR) is 140 cm³/mol. The van der Waals surface area contributed by atoms with Gasteiger partial charge < -0.3 is 4.57 Å². The second-order valence-corrected chi connectivity index (χ2v) is 9.65. The van der Waals surface area contributed by atoms with Gasteiger partial charge in [0.05, 0.1) is 5.57 Å². The molecular weight excluding hydrogens is 466 g/mol. The number of carbonyl (C=O) groups is 1. The first-order valence-corrected chi connectivity index (χ1v) is 12.0. The van der Waals surface area contributed by atoms with Crippen LogP contribution in [0.2, 0.25) is 5.02 Å². The van der Waals surface area contributed by atoms with Gasteiger partial charge in [-0.2, -0.15) is 15.1 Å². The van der Waals surface area contributed by atoms with Crippen LogP contribution in [0.4, 0.5) is 0 Å². The molecule has 3 aromatic rings. The summed E-state index contributed by atoms with van der Waals surface area (Å²) in [7, 11) is 0. The molecule has 3 heterocycles. The van der Waals surface area contributed by atoms with Gasteiger partial charge in [0.15, 0.2) is 5.84 Å². The van der Waals surface area contributed by atoms with Crippen molar-refractivity contribution >= 4 is 51.4 Å². The fraction of sp³-hybridized carbons (Fsp3) is 0.154. The Hall–Kier alpha value is -3.42. The molecule has 1 amide bonds. The zero-order chi connectivity index (χ0) is 24.1. The lowest BCUT2D eigenvalue weighted by Crippen LogP contribution is -2.35. The molecule has 0 radical (unpaired) electrons. The highest BCUT2D eigenvalue weighted by Crippen LogP contribution is 2.33. The maximum Gasteiger partial charge on any atom is 0.283 e. The normalized spacial score (nSPS) is 16.7. The first kappa shape index (κ1) is 22.4. The highest BCUT2D eigenvalue weighted by atomic mass is 35.5. The summed E-state index contributed by atoms with van der Waals surface area (Å²) in [5.41, 5.74) is 7.02. The van der Waals surface area contributed by atoms with Crippen molar-refractivity contribution in [3.63, 3.8) is 0 Å². The van der Waals surface area contributed by atoms with Crippen molar-refractivity contribution in [1.29, 1.82) is 5.41 Å². The number of fused-ring (bicyclic) bond motifs is 1. The summed E-state index contributed by atoms with van der Waals surface area (Å²) in [5, 5.41) is 16.6. The number of hydrazone groups is 1. The van der Waals surface area contributed by atoms with Gasteiger partial charge in [-0.1, -0.05) is 41.9 Å². The Labute approximate surface area is 207 Å². The van der Waals surface area contributed by atoms with Crippen LogP contribution in [0.3, 0.4) is 0 Å². The number of aromatic nitrogens is 1. The van der Waals surface area contributed by atoms with Gasteiger partial charge in [-0.3, -0.25) is 10.2 Å². The number of hydrogen-bond donors (Lipinski definition) is 1. The van der Waals surface area contributed by atoms with Crippen molar-refractivity contribution in [3.8, 4) is 5.69 Å². The number of amides is 1. The van der Waals surface area contributed by atoms with Gasteiger partial charge in [-0.25, -0.2) is 0 Å². The Morgan fingerprint density at radius 2 is 1.82 bits per heavy atom. The van der Waals surface area contributed by atoms with E-state index in [4.69, 9.17) is 17.0 Å². The molecule has 1 N–H and O–H groups in total. The summed E-state index contributed by atoms with van der Waals surface area (Å²) in [5.74, 6) is -0.413. The van der Waals surface area contributed by atoms with Crippen molar-refractivity contribution in [2.75, 3.05) is 0 Å². The van der Waals surface area contributed by atoms with Crippen molar-refractivity contribution in [1.82, 2.24) is 9.58 Å². The van der Waals surface area contributed by atoms with Crippen molar-refractivity contribution in [3.05, 3.63) is 92.8 Å². The lowest BCUT2D eigenvalue weighted by atomic mass is 10.1. The largest absolute Gasteiger partial charge is 0.318 e. The molecule has 0 saturated carbocycles. The lowest BCUT2D eigenvalue weighted by Gasteiger charge is -2.20. The zero-order valence-electron chi connectivity index (χ0n) is 19.2. The molecule has 2 aliphatic rings. The Morgan fingerprint density at radius 1 is 1.06 bits per heavy atom. The van der Waals surface area contributed by atoms with Gasteiger partial charge in [0.25, 0.3) is 5.91 Å². The summed E-state index contributed by atoms with van der Waals surface area (Å²) in [4.78, 5) is 17.2. The van der Waals surface area contributed by atoms with Gasteiger partial charge in [-0.15, -0.1) is 0 Å². The number of rotatable bonds is 3. The second-order valence-electron chi connectivity index (χ2n) is 8.29. The number of nitrogens with zero attached hydrogens (tertiary/aromatic N) is 4. The summed E-state index contributed by atoms with van der Waals surface area (Å²) >= 11 is 7.66. The van der Waals surface area contributed by atoms with Gasteiger partial charge in [0.1, 0.15) is 5.04 Å². The third kappa shape index (κ3) is 3.61. The number of thioether (sulfide) groups is 1. The van der Waals surface area contributed by atoms with E-state index in [0.717, 1.165) is 44.4 Å². The van der Waals surface area contributed by atoms with Gasteiger partial charge in [0, 0.05) is 27.7 Å². The molecule has 6 nitrogen and oxygen atoms in total. The van der Waals surface area contributed by atoms with E-state index >= 15 is 0 Å². The van der Waals surface area contributed by atoms with Gasteiger partial charge >= 0.3 is 0 Å². The molecule has 2 aliphatic heterocycles. The average Bonchev–Trinajstić information content (AvgIpc) is 3.34.